The molecule has 0 saturated heterocycles. The first-order valence-corrected chi connectivity index (χ1v) is 5.77. The van der Waals surface area contributed by atoms with Gasteiger partial charge in [0.05, 0.1) is 25.0 Å². The molecule has 96 valence electrons. The minimum Gasteiger partial charge on any atom is -0.476 e. The lowest BCUT2D eigenvalue weighted by Gasteiger charge is -2.10. The minimum atomic E-state index is 0.206. The van der Waals surface area contributed by atoms with Crippen LogP contribution in [0.1, 0.15) is 20.8 Å². The number of ether oxygens (including phenoxy) is 3. The molecule has 0 spiro atoms. The highest BCUT2D eigenvalue weighted by molar-refractivity contribution is 5.49. The Morgan fingerprint density at radius 2 is 2.00 bits per heavy atom. The first-order chi connectivity index (χ1) is 8.13. The second-order valence-electron chi connectivity index (χ2n) is 3.74. The van der Waals surface area contributed by atoms with E-state index in [-0.39, 0.29) is 6.10 Å². The highest BCUT2D eigenvalue weighted by atomic mass is 16.5. The predicted octanol–water partition coefficient (Wildman–Crippen LogP) is 1.87. The Morgan fingerprint density at radius 1 is 1.24 bits per heavy atom. The van der Waals surface area contributed by atoms with Crippen molar-refractivity contribution in [1.29, 1.82) is 0 Å². The molecule has 1 heterocycles. The summed E-state index contributed by atoms with van der Waals surface area (Å²) < 4.78 is 16.1. The van der Waals surface area contributed by atoms with Crippen molar-refractivity contribution in [3.63, 3.8) is 0 Å². The van der Waals surface area contributed by atoms with Crippen LogP contribution in [0.2, 0.25) is 0 Å². The number of rotatable bonds is 7. The monoisotopic (exact) mass is 240 g/mol. The Bertz CT molecular complexity index is 343. The first-order valence-electron chi connectivity index (χ1n) is 5.77. The summed E-state index contributed by atoms with van der Waals surface area (Å²) in [6.45, 7) is 7.36. The maximum atomic E-state index is 5.70. The van der Waals surface area contributed by atoms with E-state index in [1.54, 1.807) is 12.1 Å². The molecule has 0 bridgehead atoms. The van der Waals surface area contributed by atoms with E-state index in [0.717, 1.165) is 0 Å². The normalized spacial score (nSPS) is 10.6. The molecule has 0 amide bonds. The Hall–Kier alpha value is -1.49. The molecule has 0 aliphatic heterocycles. The predicted molar refractivity (Wildman–Crippen MR) is 66.4 cm³/mol. The van der Waals surface area contributed by atoms with Gasteiger partial charge in [-0.25, -0.2) is 0 Å². The van der Waals surface area contributed by atoms with Gasteiger partial charge in [0.15, 0.2) is 0 Å². The lowest BCUT2D eigenvalue weighted by molar-refractivity contribution is 0.0541. The molecule has 17 heavy (non-hydrogen) atoms. The SMILES string of the molecule is CCOc1nc(OCCOC(C)C)ccc1N. The molecule has 0 radical (unpaired) electrons. The van der Waals surface area contributed by atoms with Gasteiger partial charge in [-0.05, 0) is 26.8 Å². The third kappa shape index (κ3) is 4.91. The summed E-state index contributed by atoms with van der Waals surface area (Å²) in [5.41, 5.74) is 6.21. The van der Waals surface area contributed by atoms with E-state index < -0.39 is 0 Å². The number of nitrogens with zero attached hydrogens (tertiary/aromatic N) is 1. The number of pyridine rings is 1. The molecular formula is C12H20N2O3. The highest BCUT2D eigenvalue weighted by Gasteiger charge is 2.04. The standard InChI is InChI=1S/C12H20N2O3/c1-4-15-12-10(13)5-6-11(14-12)17-8-7-16-9(2)3/h5-6,9H,4,7-8,13H2,1-3H3. The zero-order valence-electron chi connectivity index (χ0n) is 10.6. The van der Waals surface area contributed by atoms with Crippen LogP contribution in [0.3, 0.4) is 0 Å². The Labute approximate surface area is 102 Å². The van der Waals surface area contributed by atoms with Crippen LogP contribution in [0.15, 0.2) is 12.1 Å². The molecule has 1 aromatic heterocycles. The van der Waals surface area contributed by atoms with E-state index in [4.69, 9.17) is 19.9 Å². The third-order valence-corrected chi connectivity index (χ3v) is 1.93. The van der Waals surface area contributed by atoms with Crippen molar-refractivity contribution in [2.45, 2.75) is 26.9 Å². The summed E-state index contributed by atoms with van der Waals surface area (Å²) in [4.78, 5) is 4.15. The van der Waals surface area contributed by atoms with Crippen molar-refractivity contribution in [2.24, 2.45) is 0 Å². The molecule has 0 aliphatic carbocycles. The van der Waals surface area contributed by atoms with Crippen molar-refractivity contribution in [3.05, 3.63) is 12.1 Å². The number of hydrogen-bond donors (Lipinski definition) is 1. The largest absolute Gasteiger partial charge is 0.476 e. The molecule has 2 N–H and O–H groups in total. The van der Waals surface area contributed by atoms with Gasteiger partial charge in [0.1, 0.15) is 6.61 Å². The van der Waals surface area contributed by atoms with E-state index >= 15 is 0 Å². The Morgan fingerprint density at radius 3 is 2.65 bits per heavy atom. The molecule has 5 nitrogen and oxygen atoms in total. The van der Waals surface area contributed by atoms with Gasteiger partial charge in [-0.3, -0.25) is 0 Å². The van der Waals surface area contributed by atoms with Gasteiger partial charge in [0, 0.05) is 6.07 Å². The molecule has 0 fully saturated rings. The van der Waals surface area contributed by atoms with Gasteiger partial charge in [0.25, 0.3) is 0 Å². The van der Waals surface area contributed by atoms with Gasteiger partial charge in [-0.2, -0.15) is 4.98 Å². The zero-order valence-corrected chi connectivity index (χ0v) is 10.6. The summed E-state index contributed by atoms with van der Waals surface area (Å²) in [6, 6.07) is 3.43. The molecule has 0 atom stereocenters. The van der Waals surface area contributed by atoms with Crippen LogP contribution >= 0.6 is 0 Å². The van der Waals surface area contributed by atoms with Gasteiger partial charge in [-0.15, -0.1) is 0 Å². The van der Waals surface area contributed by atoms with E-state index in [2.05, 4.69) is 4.98 Å². The Balaban J connectivity index is 2.45. The molecule has 5 heteroatoms. The average Bonchev–Trinajstić information content (AvgIpc) is 2.28. The fourth-order valence-electron chi connectivity index (χ4n) is 1.20. The van der Waals surface area contributed by atoms with Crippen LogP contribution in [-0.4, -0.2) is 30.9 Å². The second-order valence-corrected chi connectivity index (χ2v) is 3.74. The topological polar surface area (TPSA) is 66.6 Å². The van der Waals surface area contributed by atoms with Crippen molar-refractivity contribution < 1.29 is 14.2 Å². The van der Waals surface area contributed by atoms with Crippen LogP contribution in [0.25, 0.3) is 0 Å². The highest BCUT2D eigenvalue weighted by Crippen LogP contribution is 2.21. The number of anilines is 1. The lowest BCUT2D eigenvalue weighted by Crippen LogP contribution is -2.12. The first kappa shape index (κ1) is 13.6. The van der Waals surface area contributed by atoms with Crippen LogP contribution < -0.4 is 15.2 Å². The van der Waals surface area contributed by atoms with E-state index in [0.29, 0.717) is 37.3 Å². The molecule has 0 saturated carbocycles. The fraction of sp³-hybridized carbons (Fsp3) is 0.583. The maximum Gasteiger partial charge on any atom is 0.240 e. The number of aromatic nitrogens is 1. The van der Waals surface area contributed by atoms with Crippen LogP contribution in [0.4, 0.5) is 5.69 Å². The summed E-state index contributed by atoms with van der Waals surface area (Å²) in [5, 5.41) is 0. The summed E-state index contributed by atoms with van der Waals surface area (Å²) >= 11 is 0. The fourth-order valence-corrected chi connectivity index (χ4v) is 1.20. The van der Waals surface area contributed by atoms with Gasteiger partial charge >= 0.3 is 0 Å². The van der Waals surface area contributed by atoms with Gasteiger partial charge in [0.2, 0.25) is 11.8 Å². The zero-order chi connectivity index (χ0) is 12.7. The summed E-state index contributed by atoms with van der Waals surface area (Å²) in [6.07, 6.45) is 0.206. The molecular weight excluding hydrogens is 220 g/mol. The van der Waals surface area contributed by atoms with E-state index in [1.165, 1.54) is 0 Å². The molecule has 1 aromatic rings. The Kier molecular flexibility index (Phi) is 5.56. The average molecular weight is 240 g/mol. The minimum absolute atomic E-state index is 0.206. The van der Waals surface area contributed by atoms with Crippen molar-refractivity contribution in [1.82, 2.24) is 4.98 Å². The van der Waals surface area contributed by atoms with Crippen LogP contribution in [0, 0.1) is 0 Å². The van der Waals surface area contributed by atoms with Crippen molar-refractivity contribution in [3.8, 4) is 11.8 Å². The third-order valence-electron chi connectivity index (χ3n) is 1.93. The number of hydrogen-bond acceptors (Lipinski definition) is 5. The summed E-state index contributed by atoms with van der Waals surface area (Å²) in [5.74, 6) is 0.907. The lowest BCUT2D eigenvalue weighted by atomic mass is 10.4. The van der Waals surface area contributed by atoms with Gasteiger partial charge < -0.3 is 19.9 Å². The second kappa shape index (κ2) is 6.96. The van der Waals surface area contributed by atoms with Gasteiger partial charge in [-0.1, -0.05) is 0 Å². The smallest absolute Gasteiger partial charge is 0.240 e. The molecule has 1 rings (SSSR count). The molecule has 0 aliphatic rings. The maximum absolute atomic E-state index is 5.70. The summed E-state index contributed by atoms with van der Waals surface area (Å²) in [7, 11) is 0. The quantitative estimate of drug-likeness (QED) is 0.737. The molecule has 0 unspecified atom stereocenters. The number of nitrogens with two attached hydrogens (primary N) is 1. The van der Waals surface area contributed by atoms with Crippen LogP contribution in [-0.2, 0) is 4.74 Å². The van der Waals surface area contributed by atoms with Crippen molar-refractivity contribution >= 4 is 5.69 Å². The van der Waals surface area contributed by atoms with Crippen molar-refractivity contribution in [2.75, 3.05) is 25.6 Å². The van der Waals surface area contributed by atoms with E-state index in [9.17, 15) is 0 Å². The van der Waals surface area contributed by atoms with Crippen LogP contribution in [0.5, 0.6) is 11.8 Å². The molecule has 0 aromatic carbocycles. The number of nitrogen functional groups attached to an aromatic ring is 1. The van der Waals surface area contributed by atoms with E-state index in [1.807, 2.05) is 20.8 Å².